The van der Waals surface area contributed by atoms with Gasteiger partial charge in [0.25, 0.3) is 0 Å². The molecular weight excluding hydrogens is 413 g/mol. The Kier molecular flexibility index (Phi) is 5.48. The van der Waals surface area contributed by atoms with Gasteiger partial charge in [0, 0.05) is 14.1 Å². The molecular formula is C24H18FN3O4. The number of rotatable bonds is 5. The van der Waals surface area contributed by atoms with E-state index in [1.807, 2.05) is 30.3 Å². The van der Waals surface area contributed by atoms with E-state index in [9.17, 15) is 19.2 Å². The van der Waals surface area contributed by atoms with Gasteiger partial charge >= 0.3 is 5.97 Å². The lowest BCUT2D eigenvalue weighted by molar-refractivity contribution is -0.118. The summed E-state index contributed by atoms with van der Waals surface area (Å²) >= 11 is 0. The van der Waals surface area contributed by atoms with E-state index < -0.39 is 24.2 Å². The number of carbonyl (C=O) groups excluding carboxylic acids is 2. The zero-order valence-corrected chi connectivity index (χ0v) is 17.3. The summed E-state index contributed by atoms with van der Waals surface area (Å²) in [5.74, 6) is -1.65. The molecule has 0 saturated heterocycles. The zero-order chi connectivity index (χ0) is 22.8. The van der Waals surface area contributed by atoms with Gasteiger partial charge in [0.15, 0.2) is 6.61 Å². The van der Waals surface area contributed by atoms with E-state index in [2.05, 4.69) is 0 Å². The van der Waals surface area contributed by atoms with E-state index in [0.717, 1.165) is 11.4 Å². The summed E-state index contributed by atoms with van der Waals surface area (Å²) in [6.45, 7) is -0.640. The summed E-state index contributed by atoms with van der Waals surface area (Å²) in [7, 11) is 3.50. The van der Waals surface area contributed by atoms with E-state index in [4.69, 9.17) is 9.15 Å². The van der Waals surface area contributed by atoms with Crippen LogP contribution >= 0.6 is 0 Å². The second kappa shape index (κ2) is 8.40. The van der Waals surface area contributed by atoms with E-state index >= 15 is 0 Å². The molecule has 0 amide bonds. The molecule has 0 radical (unpaired) electrons. The molecule has 8 heteroatoms. The van der Waals surface area contributed by atoms with Crippen molar-refractivity contribution in [1.82, 2.24) is 0 Å². The number of halogens is 1. The van der Waals surface area contributed by atoms with Crippen LogP contribution in [0, 0.1) is 17.1 Å². The Labute approximate surface area is 183 Å². The van der Waals surface area contributed by atoms with Crippen LogP contribution in [0.4, 0.5) is 15.8 Å². The van der Waals surface area contributed by atoms with Crippen molar-refractivity contribution >= 4 is 23.1 Å². The second-order valence-electron chi connectivity index (χ2n) is 7.06. The summed E-state index contributed by atoms with van der Waals surface area (Å²) in [5, 5.41) is 9.63. The molecule has 2 aromatic carbocycles. The van der Waals surface area contributed by atoms with Crippen LogP contribution in [0.1, 0.15) is 10.6 Å². The molecule has 32 heavy (non-hydrogen) atoms. The lowest BCUT2D eigenvalue weighted by atomic mass is 10.1. The van der Waals surface area contributed by atoms with Gasteiger partial charge in [-0.3, -0.25) is 4.79 Å². The predicted molar refractivity (Wildman–Crippen MR) is 115 cm³/mol. The van der Waals surface area contributed by atoms with Crippen molar-refractivity contribution in [3.8, 4) is 17.4 Å². The molecule has 160 valence electrons. The highest BCUT2D eigenvalue weighted by atomic mass is 19.1. The molecule has 0 bridgehead atoms. The van der Waals surface area contributed by atoms with Crippen LogP contribution in [-0.2, 0) is 9.53 Å². The number of carbonyl (C=O) groups is 2. The van der Waals surface area contributed by atoms with Crippen molar-refractivity contribution in [2.75, 3.05) is 30.5 Å². The Morgan fingerprint density at radius 2 is 1.62 bits per heavy atom. The fourth-order valence-electron chi connectivity index (χ4n) is 3.58. The van der Waals surface area contributed by atoms with Crippen LogP contribution in [0.25, 0.3) is 11.3 Å². The predicted octanol–water partition coefficient (Wildman–Crippen LogP) is 4.13. The van der Waals surface area contributed by atoms with Crippen LogP contribution in [0.5, 0.6) is 0 Å². The van der Waals surface area contributed by atoms with Crippen LogP contribution in [0.2, 0.25) is 0 Å². The van der Waals surface area contributed by atoms with Gasteiger partial charge < -0.3 is 19.0 Å². The van der Waals surface area contributed by atoms with Crippen LogP contribution < -0.4 is 9.80 Å². The minimum Gasteiger partial charge on any atom is -0.451 e. The molecule has 7 nitrogen and oxygen atoms in total. The molecule has 2 heterocycles. The number of ether oxygens (including phenoxy) is 1. The molecule has 0 unspecified atom stereocenters. The first-order chi connectivity index (χ1) is 15.4. The van der Waals surface area contributed by atoms with E-state index in [-0.39, 0.29) is 22.7 Å². The zero-order valence-electron chi connectivity index (χ0n) is 17.3. The number of nitrogens with zero attached hydrogens (tertiary/aromatic N) is 3. The summed E-state index contributed by atoms with van der Waals surface area (Å²) in [6.07, 6.45) is 0. The lowest BCUT2D eigenvalue weighted by Crippen LogP contribution is -2.27. The lowest BCUT2D eigenvalue weighted by Gasteiger charge is -2.19. The second-order valence-corrected chi connectivity index (χ2v) is 7.06. The SMILES string of the molecule is CN1C(=C(C#N)C(=O)COC(=O)c2ccc(-c3ccccc3F)o2)N(C)c2ccccc21. The van der Waals surface area contributed by atoms with Gasteiger partial charge in [0.05, 0.1) is 16.9 Å². The van der Waals surface area contributed by atoms with Crippen molar-refractivity contribution in [1.29, 1.82) is 5.26 Å². The molecule has 4 rings (SSSR count). The number of hydrogen-bond donors (Lipinski definition) is 0. The number of fused-ring (bicyclic) bond motifs is 1. The van der Waals surface area contributed by atoms with Crippen LogP contribution in [0.3, 0.4) is 0 Å². The highest BCUT2D eigenvalue weighted by Gasteiger charge is 2.31. The highest BCUT2D eigenvalue weighted by Crippen LogP contribution is 2.40. The highest BCUT2D eigenvalue weighted by molar-refractivity contribution is 6.04. The minimum atomic E-state index is -0.889. The summed E-state index contributed by atoms with van der Waals surface area (Å²) in [6, 6.07) is 18.2. The molecule has 0 aliphatic carbocycles. The third-order valence-corrected chi connectivity index (χ3v) is 5.13. The third-order valence-electron chi connectivity index (χ3n) is 5.13. The van der Waals surface area contributed by atoms with Gasteiger partial charge in [0.2, 0.25) is 11.5 Å². The average Bonchev–Trinajstić information content (AvgIpc) is 3.38. The maximum Gasteiger partial charge on any atom is 0.374 e. The summed E-state index contributed by atoms with van der Waals surface area (Å²) < 4.78 is 24.4. The maximum atomic E-state index is 13.9. The number of ketones is 1. The molecule has 0 N–H and O–H groups in total. The van der Waals surface area contributed by atoms with Gasteiger partial charge in [-0.2, -0.15) is 5.26 Å². The van der Waals surface area contributed by atoms with Gasteiger partial charge in [0.1, 0.15) is 29.0 Å². The Bertz CT molecular complexity index is 1260. The quantitative estimate of drug-likeness (QED) is 0.341. The first kappa shape index (κ1) is 20.9. The molecule has 0 spiro atoms. The molecule has 1 aromatic heterocycles. The van der Waals surface area contributed by atoms with Crippen LogP contribution in [0.15, 0.2) is 76.5 Å². The van der Waals surface area contributed by atoms with Gasteiger partial charge in [-0.05, 0) is 36.4 Å². The number of nitriles is 1. The number of hydrogen-bond acceptors (Lipinski definition) is 7. The van der Waals surface area contributed by atoms with E-state index in [1.165, 1.54) is 24.3 Å². The van der Waals surface area contributed by atoms with E-state index in [1.54, 1.807) is 36.0 Å². The smallest absolute Gasteiger partial charge is 0.374 e. The first-order valence-corrected chi connectivity index (χ1v) is 9.68. The number of Topliss-reactive ketones (excluding diaryl/α,β-unsaturated/α-hetero) is 1. The minimum absolute atomic E-state index is 0.134. The van der Waals surface area contributed by atoms with Crippen molar-refractivity contribution < 1.29 is 23.1 Å². The number of benzene rings is 2. The average molecular weight is 431 g/mol. The van der Waals surface area contributed by atoms with Gasteiger partial charge in [-0.1, -0.05) is 24.3 Å². The standard InChI is InChI=1S/C24H18FN3O4/c1-27-18-9-5-6-10-19(18)28(2)23(27)16(13-26)20(29)14-31-24(30)22-12-11-21(32-22)15-7-3-4-8-17(15)25/h3-12H,14H2,1-2H3. The summed E-state index contributed by atoms with van der Waals surface area (Å²) in [5.41, 5.74) is 1.76. The normalized spacial score (nSPS) is 12.4. The molecule has 0 fully saturated rings. The van der Waals surface area contributed by atoms with Crippen molar-refractivity contribution in [2.24, 2.45) is 0 Å². The maximum absolute atomic E-state index is 13.9. The summed E-state index contributed by atoms with van der Waals surface area (Å²) in [4.78, 5) is 28.5. The Morgan fingerprint density at radius 3 is 2.25 bits per heavy atom. The monoisotopic (exact) mass is 431 g/mol. The fraction of sp³-hybridized carbons (Fsp3) is 0.125. The number of furan rings is 1. The van der Waals surface area contributed by atoms with Crippen molar-refractivity contribution in [3.63, 3.8) is 0 Å². The topological polar surface area (TPSA) is 86.8 Å². The number of para-hydroxylation sites is 2. The van der Waals surface area contributed by atoms with Gasteiger partial charge in [-0.25, -0.2) is 9.18 Å². The molecule has 0 saturated carbocycles. The van der Waals surface area contributed by atoms with Gasteiger partial charge in [-0.15, -0.1) is 0 Å². The molecule has 1 aliphatic rings. The van der Waals surface area contributed by atoms with Crippen molar-refractivity contribution in [3.05, 3.63) is 83.6 Å². The molecule has 0 atom stereocenters. The third kappa shape index (κ3) is 3.61. The Morgan fingerprint density at radius 1 is 1.00 bits per heavy atom. The number of esters is 1. The van der Waals surface area contributed by atoms with Crippen LogP contribution in [-0.4, -0.2) is 32.5 Å². The number of anilines is 2. The molecule has 1 aliphatic heterocycles. The van der Waals surface area contributed by atoms with Crippen molar-refractivity contribution in [2.45, 2.75) is 0 Å². The first-order valence-electron chi connectivity index (χ1n) is 9.68. The fourth-order valence-corrected chi connectivity index (χ4v) is 3.58. The Hall–Kier alpha value is -4.38. The molecule has 3 aromatic rings. The van der Waals surface area contributed by atoms with E-state index in [0.29, 0.717) is 5.82 Å². The largest absolute Gasteiger partial charge is 0.451 e. The Balaban J connectivity index is 1.49.